The van der Waals surface area contributed by atoms with Crippen molar-refractivity contribution < 1.29 is 4.74 Å². The van der Waals surface area contributed by atoms with Crippen LogP contribution in [-0.2, 0) is 12.8 Å². The smallest absolute Gasteiger partial charge is 0.119 e. The average Bonchev–Trinajstić information content (AvgIpc) is 3.41. The Kier molecular flexibility index (Phi) is 14.8. The number of hydrogen-bond acceptors (Lipinski definition) is 4. The summed E-state index contributed by atoms with van der Waals surface area (Å²) in [6, 6.07) is 78.1. The maximum absolute atomic E-state index is 5.82. The molecular weight excluding hydrogens is 851 g/mol. The molecule has 0 N–H and O–H groups in total. The van der Waals surface area contributed by atoms with E-state index in [1.807, 2.05) is 19.1 Å². The molecular formula is C66H61N3O. The molecule has 4 heteroatoms. The van der Waals surface area contributed by atoms with Crippen LogP contribution in [0.2, 0.25) is 0 Å². The molecule has 0 saturated carbocycles. The monoisotopic (exact) mass is 911 g/mol. The molecule has 9 rings (SSSR count). The van der Waals surface area contributed by atoms with Gasteiger partial charge in [-0.1, -0.05) is 159 Å². The lowest BCUT2D eigenvalue weighted by Gasteiger charge is -2.29. The van der Waals surface area contributed by atoms with Crippen LogP contribution in [0.4, 0.5) is 51.2 Å². The summed E-state index contributed by atoms with van der Waals surface area (Å²) < 4.78 is 5.82. The van der Waals surface area contributed by atoms with Gasteiger partial charge in [-0.2, -0.15) is 0 Å². The van der Waals surface area contributed by atoms with Crippen molar-refractivity contribution >= 4 is 75.5 Å². The number of rotatable bonds is 17. The maximum Gasteiger partial charge on any atom is 0.119 e. The molecule has 0 unspecified atom stereocenters. The molecule has 4 nitrogen and oxygen atoms in total. The topological polar surface area (TPSA) is 19.0 Å². The van der Waals surface area contributed by atoms with Crippen molar-refractivity contribution in [3.63, 3.8) is 0 Å². The molecule has 9 aromatic rings. The van der Waals surface area contributed by atoms with E-state index in [-0.39, 0.29) is 0 Å². The van der Waals surface area contributed by atoms with Crippen molar-refractivity contribution in [3.05, 3.63) is 263 Å². The summed E-state index contributed by atoms with van der Waals surface area (Å²) in [6.45, 7) is 11.5. The first-order valence-electron chi connectivity index (χ1n) is 24.6. The van der Waals surface area contributed by atoms with Gasteiger partial charge in [0.05, 0.1) is 18.0 Å². The molecule has 0 atom stereocenters. The highest BCUT2D eigenvalue weighted by atomic mass is 16.5. The summed E-state index contributed by atoms with van der Waals surface area (Å²) in [7, 11) is 0. The Labute approximate surface area is 415 Å². The Morgan fingerprint density at radius 2 is 0.614 bits per heavy atom. The summed E-state index contributed by atoms with van der Waals surface area (Å²) in [5, 5.41) is 0. The second-order valence-electron chi connectivity index (χ2n) is 17.5. The van der Waals surface area contributed by atoms with Crippen LogP contribution in [0.5, 0.6) is 5.75 Å². The van der Waals surface area contributed by atoms with Crippen molar-refractivity contribution in [1.82, 2.24) is 0 Å². The van der Waals surface area contributed by atoms with Gasteiger partial charge in [-0.15, -0.1) is 0 Å². The van der Waals surface area contributed by atoms with E-state index in [9.17, 15) is 0 Å². The molecule has 0 aliphatic carbocycles. The molecule has 0 heterocycles. The quantitative estimate of drug-likeness (QED) is 0.0847. The van der Waals surface area contributed by atoms with Crippen LogP contribution >= 0.6 is 0 Å². The normalized spacial score (nSPS) is 11.3. The maximum atomic E-state index is 5.82. The van der Waals surface area contributed by atoms with E-state index in [1.165, 1.54) is 33.6 Å². The number of anilines is 9. The average molecular weight is 912 g/mol. The van der Waals surface area contributed by atoms with E-state index in [1.54, 1.807) is 0 Å². The fourth-order valence-corrected chi connectivity index (χ4v) is 9.25. The van der Waals surface area contributed by atoms with Crippen molar-refractivity contribution in [2.75, 3.05) is 21.3 Å². The van der Waals surface area contributed by atoms with Gasteiger partial charge in [0.25, 0.3) is 0 Å². The Bertz CT molecular complexity index is 2960. The molecule has 0 fully saturated rings. The number of para-hydroxylation sites is 4. The molecule has 0 bridgehead atoms. The van der Waals surface area contributed by atoms with Crippen LogP contribution in [0.1, 0.15) is 65.3 Å². The fraction of sp³-hybridized carbons (Fsp3) is 0.121. The number of hydrogen-bond donors (Lipinski definition) is 0. The lowest BCUT2D eigenvalue weighted by Crippen LogP contribution is -2.13. The van der Waals surface area contributed by atoms with E-state index in [0.717, 1.165) is 80.7 Å². The van der Waals surface area contributed by atoms with Crippen LogP contribution in [0, 0.1) is 13.8 Å². The number of aryl methyl sites for hydroxylation is 4. The number of benzene rings is 9. The zero-order valence-electron chi connectivity index (χ0n) is 41.0. The Hall–Kier alpha value is -8.34. The Morgan fingerprint density at radius 3 is 0.929 bits per heavy atom. The number of ether oxygens (including phenoxy) is 1. The highest BCUT2D eigenvalue weighted by Gasteiger charge is 2.19. The minimum atomic E-state index is 0.625. The second-order valence-corrected chi connectivity index (χ2v) is 17.5. The molecule has 346 valence electrons. The van der Waals surface area contributed by atoms with E-state index < -0.39 is 0 Å². The zero-order valence-corrected chi connectivity index (χ0v) is 41.0. The molecule has 0 saturated heterocycles. The molecule has 0 aromatic heterocycles. The lowest BCUT2D eigenvalue weighted by atomic mass is 10.0. The van der Waals surface area contributed by atoms with Crippen LogP contribution in [0.25, 0.3) is 24.3 Å². The highest BCUT2D eigenvalue weighted by molar-refractivity contribution is 5.84. The first-order valence-corrected chi connectivity index (χ1v) is 24.6. The van der Waals surface area contributed by atoms with Crippen molar-refractivity contribution in [2.24, 2.45) is 0 Å². The van der Waals surface area contributed by atoms with Crippen molar-refractivity contribution in [2.45, 2.75) is 47.5 Å². The minimum absolute atomic E-state index is 0.625. The van der Waals surface area contributed by atoms with Crippen molar-refractivity contribution in [3.8, 4) is 5.75 Å². The summed E-state index contributed by atoms with van der Waals surface area (Å²) in [6.07, 6.45) is 10.7. The Balaban J connectivity index is 0.933. The molecule has 70 heavy (non-hydrogen) atoms. The molecule has 9 aromatic carbocycles. The lowest BCUT2D eigenvalue weighted by molar-refractivity contribution is 0.340. The van der Waals surface area contributed by atoms with Gasteiger partial charge in [-0.3, -0.25) is 0 Å². The zero-order chi connectivity index (χ0) is 48.2. The molecule has 0 spiro atoms. The first kappa shape index (κ1) is 46.8. The van der Waals surface area contributed by atoms with E-state index in [0.29, 0.717) is 6.61 Å². The van der Waals surface area contributed by atoms with Crippen LogP contribution in [0.3, 0.4) is 0 Å². The predicted octanol–water partition coefficient (Wildman–Crippen LogP) is 18.6. The summed E-state index contributed by atoms with van der Waals surface area (Å²) >= 11 is 0. The highest BCUT2D eigenvalue weighted by Crippen LogP contribution is 2.41. The first-order chi connectivity index (χ1) is 34.4. The number of nitrogens with zero attached hydrogens (tertiary/aromatic N) is 3. The Morgan fingerprint density at radius 1 is 0.314 bits per heavy atom. The van der Waals surface area contributed by atoms with Gasteiger partial charge in [-0.25, -0.2) is 0 Å². The van der Waals surface area contributed by atoms with Gasteiger partial charge in [0, 0.05) is 39.8 Å². The van der Waals surface area contributed by atoms with Gasteiger partial charge in [0.1, 0.15) is 5.75 Å². The van der Waals surface area contributed by atoms with Gasteiger partial charge < -0.3 is 19.4 Å². The van der Waals surface area contributed by atoms with Crippen LogP contribution in [0.15, 0.2) is 218 Å². The standard InChI is InChI=1S/C66H61N3O/c1-6-55-19-15-17-49(4)65(55)68(57-21-11-9-12-22-57)62-41-33-53(34-42-62)27-25-51-29-37-59(38-30-51)67(61-45-47-64(48-46-61)70-8-3)60-39-31-52(32-40-60)26-28-54-35-43-63(44-36-54)69(58-23-13-10-14-24-58)66-50(5)18-16-20-56(66)7-2/h9-48H,6-8H2,1-5H3. The van der Waals surface area contributed by atoms with Gasteiger partial charge in [0.2, 0.25) is 0 Å². The third kappa shape index (κ3) is 10.7. The third-order valence-corrected chi connectivity index (χ3v) is 12.8. The summed E-state index contributed by atoms with van der Waals surface area (Å²) in [5.41, 5.74) is 20.0. The summed E-state index contributed by atoms with van der Waals surface area (Å²) in [5.74, 6) is 0.857. The molecule has 0 radical (unpaired) electrons. The molecule has 0 amide bonds. The van der Waals surface area contributed by atoms with Crippen molar-refractivity contribution in [1.29, 1.82) is 0 Å². The molecule has 0 aliphatic heterocycles. The van der Waals surface area contributed by atoms with Crippen LogP contribution < -0.4 is 19.4 Å². The van der Waals surface area contributed by atoms with Crippen LogP contribution in [-0.4, -0.2) is 6.61 Å². The fourth-order valence-electron chi connectivity index (χ4n) is 9.25. The summed E-state index contributed by atoms with van der Waals surface area (Å²) in [4.78, 5) is 7.06. The van der Waals surface area contributed by atoms with Gasteiger partial charge in [0.15, 0.2) is 0 Å². The largest absolute Gasteiger partial charge is 0.494 e. The van der Waals surface area contributed by atoms with Gasteiger partial charge >= 0.3 is 0 Å². The van der Waals surface area contributed by atoms with E-state index >= 15 is 0 Å². The van der Waals surface area contributed by atoms with E-state index in [2.05, 4.69) is 273 Å². The second kappa shape index (κ2) is 22.2. The minimum Gasteiger partial charge on any atom is -0.494 e. The SMILES string of the molecule is CCOc1ccc(N(c2ccc(C=Cc3ccc(N(c4ccccc4)c4c(C)cccc4CC)cc3)cc2)c2ccc(C=Cc3ccc(N(c4ccccc4)c4c(C)cccc4CC)cc3)cc2)cc1. The third-order valence-electron chi connectivity index (χ3n) is 12.8. The molecule has 0 aliphatic rings. The van der Waals surface area contributed by atoms with Gasteiger partial charge in [-0.05, 0) is 175 Å². The predicted molar refractivity (Wildman–Crippen MR) is 301 cm³/mol. The van der Waals surface area contributed by atoms with E-state index in [4.69, 9.17) is 4.74 Å².